The third-order valence-electron chi connectivity index (χ3n) is 5.44. The maximum absolute atomic E-state index is 13.9. The van der Waals surface area contributed by atoms with Crippen LogP contribution in [0.3, 0.4) is 0 Å². The maximum Gasteiger partial charge on any atom is 0.131 e. The summed E-state index contributed by atoms with van der Waals surface area (Å²) >= 11 is 0. The average molecular weight is 311 g/mol. The zero-order valence-electron chi connectivity index (χ0n) is 13.4. The predicted molar refractivity (Wildman–Crippen MR) is 90.8 cm³/mol. The molecule has 23 heavy (non-hydrogen) atoms. The molecular formula is C19H22FN3. The van der Waals surface area contributed by atoms with E-state index in [4.69, 9.17) is 0 Å². The van der Waals surface area contributed by atoms with Crippen LogP contribution in [0.2, 0.25) is 0 Å². The summed E-state index contributed by atoms with van der Waals surface area (Å²) in [4.78, 5) is 7.07. The Labute approximate surface area is 136 Å². The second-order valence-corrected chi connectivity index (χ2v) is 6.70. The van der Waals surface area contributed by atoms with Crippen molar-refractivity contribution < 1.29 is 4.39 Å². The Morgan fingerprint density at radius 1 is 1.13 bits per heavy atom. The van der Waals surface area contributed by atoms with Crippen LogP contribution in [0.25, 0.3) is 11.1 Å². The number of aromatic nitrogens is 1. The van der Waals surface area contributed by atoms with Gasteiger partial charge in [-0.25, -0.2) is 9.37 Å². The molecule has 1 aromatic heterocycles. The van der Waals surface area contributed by atoms with Gasteiger partial charge in [0.25, 0.3) is 0 Å². The molecule has 4 heterocycles. The normalized spacial score (nSPS) is 29.5. The molecule has 2 atom stereocenters. The van der Waals surface area contributed by atoms with Crippen molar-refractivity contribution in [2.45, 2.75) is 31.8 Å². The molecule has 0 radical (unpaired) electrons. The largest absolute Gasteiger partial charge is 0.365 e. The SMILES string of the molecule is CC1C(Nc2ccc(-c3ccccc3F)cn2)C2CCN1CC2. The third kappa shape index (κ3) is 2.72. The summed E-state index contributed by atoms with van der Waals surface area (Å²) in [6.07, 6.45) is 4.30. The van der Waals surface area contributed by atoms with Crippen molar-refractivity contribution >= 4 is 5.82 Å². The molecule has 120 valence electrons. The van der Waals surface area contributed by atoms with Gasteiger partial charge in [-0.3, -0.25) is 4.90 Å². The fraction of sp³-hybridized carbons (Fsp3) is 0.421. The summed E-state index contributed by atoms with van der Waals surface area (Å²) in [5.74, 6) is 1.42. The molecule has 0 saturated carbocycles. The summed E-state index contributed by atoms with van der Waals surface area (Å²) in [5, 5.41) is 3.61. The molecule has 0 aliphatic carbocycles. The Hall–Kier alpha value is -1.94. The van der Waals surface area contributed by atoms with Crippen molar-refractivity contribution in [3.8, 4) is 11.1 Å². The molecule has 3 saturated heterocycles. The number of nitrogens with zero attached hydrogens (tertiary/aromatic N) is 2. The van der Waals surface area contributed by atoms with E-state index in [1.54, 1.807) is 18.3 Å². The molecule has 3 nitrogen and oxygen atoms in total. The minimum Gasteiger partial charge on any atom is -0.365 e. The van der Waals surface area contributed by atoms with Crippen LogP contribution in [0.1, 0.15) is 19.8 Å². The first-order valence-corrected chi connectivity index (χ1v) is 8.44. The third-order valence-corrected chi connectivity index (χ3v) is 5.44. The Bertz CT molecular complexity index is 675. The highest BCUT2D eigenvalue weighted by molar-refractivity contribution is 5.64. The first-order valence-electron chi connectivity index (χ1n) is 8.44. The molecule has 1 N–H and O–H groups in total. The lowest BCUT2D eigenvalue weighted by molar-refractivity contribution is 0.0457. The number of halogens is 1. The van der Waals surface area contributed by atoms with Gasteiger partial charge in [0, 0.05) is 29.4 Å². The number of anilines is 1. The van der Waals surface area contributed by atoms with E-state index in [1.807, 2.05) is 18.2 Å². The molecule has 4 heteroatoms. The van der Waals surface area contributed by atoms with E-state index in [9.17, 15) is 4.39 Å². The fourth-order valence-corrected chi connectivity index (χ4v) is 4.05. The molecule has 2 bridgehead atoms. The number of hydrogen-bond acceptors (Lipinski definition) is 3. The van der Waals surface area contributed by atoms with Crippen LogP contribution < -0.4 is 5.32 Å². The highest BCUT2D eigenvalue weighted by Gasteiger charge is 2.39. The van der Waals surface area contributed by atoms with Gasteiger partial charge >= 0.3 is 0 Å². The summed E-state index contributed by atoms with van der Waals surface area (Å²) in [6.45, 7) is 4.75. The first kappa shape index (κ1) is 14.6. The topological polar surface area (TPSA) is 28.2 Å². The summed E-state index contributed by atoms with van der Waals surface area (Å²) in [5.41, 5.74) is 1.42. The van der Waals surface area contributed by atoms with Gasteiger partial charge in [-0.1, -0.05) is 18.2 Å². The van der Waals surface area contributed by atoms with E-state index in [0.717, 1.165) is 17.3 Å². The van der Waals surface area contributed by atoms with E-state index < -0.39 is 0 Å². The van der Waals surface area contributed by atoms with Crippen molar-refractivity contribution in [3.05, 3.63) is 48.4 Å². The van der Waals surface area contributed by atoms with Crippen molar-refractivity contribution in [1.82, 2.24) is 9.88 Å². The Kier molecular flexibility index (Phi) is 3.77. The van der Waals surface area contributed by atoms with E-state index >= 15 is 0 Å². The Morgan fingerprint density at radius 3 is 2.57 bits per heavy atom. The minimum absolute atomic E-state index is 0.207. The van der Waals surface area contributed by atoms with Crippen LogP contribution in [0, 0.1) is 11.7 Å². The van der Waals surface area contributed by atoms with Crippen LogP contribution in [-0.4, -0.2) is 35.1 Å². The zero-order chi connectivity index (χ0) is 15.8. The van der Waals surface area contributed by atoms with Gasteiger partial charge in [0.2, 0.25) is 0 Å². The number of piperidine rings is 3. The van der Waals surface area contributed by atoms with Gasteiger partial charge in [0.1, 0.15) is 11.6 Å². The lowest BCUT2D eigenvalue weighted by Crippen LogP contribution is -2.59. The highest BCUT2D eigenvalue weighted by atomic mass is 19.1. The molecule has 2 aromatic rings. The van der Waals surface area contributed by atoms with Crippen LogP contribution in [-0.2, 0) is 0 Å². The van der Waals surface area contributed by atoms with Gasteiger partial charge in [0.05, 0.1) is 0 Å². The lowest BCUT2D eigenvalue weighted by atomic mass is 9.79. The van der Waals surface area contributed by atoms with Crippen LogP contribution in [0.5, 0.6) is 0 Å². The first-order chi connectivity index (χ1) is 11.2. The monoisotopic (exact) mass is 311 g/mol. The maximum atomic E-state index is 13.9. The number of pyridine rings is 1. The molecule has 3 fully saturated rings. The standard InChI is InChI=1S/C19H22FN3/c1-13-19(14-8-10-23(13)11-9-14)22-18-7-6-15(12-21-18)16-4-2-3-5-17(16)20/h2-7,12-14,19H,8-11H2,1H3,(H,21,22). The molecule has 0 spiro atoms. The number of hydrogen-bond donors (Lipinski definition) is 1. The van der Waals surface area contributed by atoms with E-state index in [0.29, 0.717) is 17.6 Å². The molecule has 2 unspecified atom stereocenters. The smallest absolute Gasteiger partial charge is 0.131 e. The molecule has 1 aromatic carbocycles. The average Bonchev–Trinajstić information content (AvgIpc) is 2.60. The van der Waals surface area contributed by atoms with Crippen LogP contribution in [0.4, 0.5) is 10.2 Å². The van der Waals surface area contributed by atoms with Gasteiger partial charge in [-0.15, -0.1) is 0 Å². The minimum atomic E-state index is -0.207. The summed E-state index contributed by atoms with van der Waals surface area (Å²) in [6, 6.07) is 11.7. The second kappa shape index (κ2) is 5.93. The van der Waals surface area contributed by atoms with Gasteiger partial charge in [-0.2, -0.15) is 0 Å². The fourth-order valence-electron chi connectivity index (χ4n) is 4.05. The van der Waals surface area contributed by atoms with Gasteiger partial charge in [0.15, 0.2) is 0 Å². The number of benzene rings is 1. The Morgan fingerprint density at radius 2 is 1.91 bits per heavy atom. The molecular weight excluding hydrogens is 289 g/mol. The summed E-state index contributed by atoms with van der Waals surface area (Å²) in [7, 11) is 0. The number of rotatable bonds is 3. The molecule has 3 aliphatic heterocycles. The van der Waals surface area contributed by atoms with Crippen molar-refractivity contribution in [3.63, 3.8) is 0 Å². The van der Waals surface area contributed by atoms with Gasteiger partial charge < -0.3 is 5.32 Å². The van der Waals surface area contributed by atoms with E-state index in [1.165, 1.54) is 32.0 Å². The molecule has 0 amide bonds. The quantitative estimate of drug-likeness (QED) is 0.935. The zero-order valence-corrected chi connectivity index (χ0v) is 13.4. The van der Waals surface area contributed by atoms with Crippen LogP contribution >= 0.6 is 0 Å². The summed E-state index contributed by atoms with van der Waals surface area (Å²) < 4.78 is 13.9. The number of fused-ring (bicyclic) bond motifs is 3. The lowest BCUT2D eigenvalue weighted by Gasteiger charge is -2.50. The second-order valence-electron chi connectivity index (χ2n) is 6.70. The van der Waals surface area contributed by atoms with Crippen molar-refractivity contribution in [2.75, 3.05) is 18.4 Å². The number of nitrogens with one attached hydrogen (secondary N) is 1. The van der Waals surface area contributed by atoms with Crippen molar-refractivity contribution in [2.24, 2.45) is 5.92 Å². The predicted octanol–water partition coefficient (Wildman–Crippen LogP) is 3.78. The van der Waals surface area contributed by atoms with Crippen molar-refractivity contribution in [1.29, 1.82) is 0 Å². The van der Waals surface area contributed by atoms with Gasteiger partial charge in [-0.05, 0) is 57.0 Å². The highest BCUT2D eigenvalue weighted by Crippen LogP contribution is 2.34. The van der Waals surface area contributed by atoms with E-state index in [2.05, 4.69) is 22.1 Å². The van der Waals surface area contributed by atoms with Crippen LogP contribution in [0.15, 0.2) is 42.6 Å². The van der Waals surface area contributed by atoms with E-state index in [-0.39, 0.29) is 5.82 Å². The molecule has 5 rings (SSSR count). The molecule has 3 aliphatic rings. The Balaban J connectivity index is 1.52.